The summed E-state index contributed by atoms with van der Waals surface area (Å²) in [5, 5.41) is 0. The molecule has 0 spiro atoms. The topological polar surface area (TPSA) is 0 Å². The zero-order chi connectivity index (χ0) is 12.1. The van der Waals surface area contributed by atoms with Gasteiger partial charge in [0.05, 0.1) is 0 Å². The summed E-state index contributed by atoms with van der Waals surface area (Å²) >= 11 is 0. The standard InChI is InChI=1S/C17H23/c1-3-5-9-14-13-15-10-7-8-12-17(15)16(14)11-6-4-2/h7-8,10,12-13H,3-6,9,11H2,1-2H3. The minimum Gasteiger partial charge on any atom is -0.0654 e. The molecule has 17 heavy (non-hydrogen) atoms. The molecule has 0 heterocycles. The first kappa shape index (κ1) is 12.4. The molecule has 1 radical (unpaired) electrons. The number of benzene rings is 1. The first-order valence-electron chi connectivity index (χ1n) is 7.03. The van der Waals surface area contributed by atoms with Crippen LogP contribution in [0.5, 0.6) is 0 Å². The average Bonchev–Trinajstić information content (AvgIpc) is 2.71. The molecule has 1 aliphatic rings. The number of allylic oxidation sites excluding steroid dienone is 1. The van der Waals surface area contributed by atoms with Crippen LogP contribution in [0.15, 0.2) is 29.8 Å². The van der Waals surface area contributed by atoms with E-state index in [0.717, 1.165) is 0 Å². The summed E-state index contributed by atoms with van der Waals surface area (Å²) in [5.74, 6) is 1.62. The van der Waals surface area contributed by atoms with Gasteiger partial charge in [0, 0.05) is 5.92 Å². The van der Waals surface area contributed by atoms with Crippen LogP contribution >= 0.6 is 0 Å². The van der Waals surface area contributed by atoms with Crippen molar-refractivity contribution >= 4 is 6.08 Å². The molecule has 0 saturated heterocycles. The SMILES string of the molecule is CCCC[C]1C(CCCC)=Cc2ccccc21. The molecule has 0 saturated carbocycles. The molecular weight excluding hydrogens is 204 g/mol. The van der Waals surface area contributed by atoms with Gasteiger partial charge in [-0.1, -0.05) is 69.0 Å². The molecule has 0 nitrogen and oxygen atoms in total. The Bertz CT molecular complexity index is 387. The molecule has 0 aliphatic heterocycles. The van der Waals surface area contributed by atoms with Crippen molar-refractivity contribution in [2.75, 3.05) is 0 Å². The lowest BCUT2D eigenvalue weighted by Crippen LogP contribution is -2.00. The van der Waals surface area contributed by atoms with Crippen molar-refractivity contribution in [3.8, 4) is 0 Å². The fourth-order valence-electron chi connectivity index (χ4n) is 2.58. The molecule has 1 aromatic rings. The molecule has 0 heteroatoms. The average molecular weight is 227 g/mol. The molecule has 0 N–H and O–H groups in total. The van der Waals surface area contributed by atoms with E-state index < -0.39 is 0 Å². The van der Waals surface area contributed by atoms with Crippen LogP contribution in [0.25, 0.3) is 6.08 Å². The van der Waals surface area contributed by atoms with Crippen LogP contribution in [0.4, 0.5) is 0 Å². The third-order valence-corrected chi connectivity index (χ3v) is 3.58. The number of hydrogen-bond acceptors (Lipinski definition) is 0. The molecule has 0 amide bonds. The number of hydrogen-bond donors (Lipinski definition) is 0. The Morgan fingerprint density at radius 2 is 1.59 bits per heavy atom. The van der Waals surface area contributed by atoms with E-state index in [1.165, 1.54) is 49.7 Å². The van der Waals surface area contributed by atoms with E-state index in [4.69, 9.17) is 0 Å². The van der Waals surface area contributed by atoms with E-state index in [1.54, 1.807) is 11.5 Å². The van der Waals surface area contributed by atoms with E-state index in [-0.39, 0.29) is 0 Å². The van der Waals surface area contributed by atoms with Crippen molar-refractivity contribution in [3.05, 3.63) is 46.9 Å². The van der Waals surface area contributed by atoms with E-state index in [9.17, 15) is 0 Å². The van der Waals surface area contributed by atoms with Crippen molar-refractivity contribution in [1.29, 1.82) is 0 Å². The van der Waals surface area contributed by atoms with Crippen LogP contribution < -0.4 is 0 Å². The maximum absolute atomic E-state index is 2.41. The summed E-state index contributed by atoms with van der Waals surface area (Å²) in [6.45, 7) is 4.55. The van der Waals surface area contributed by atoms with Gasteiger partial charge in [-0.25, -0.2) is 0 Å². The second-order valence-electron chi connectivity index (χ2n) is 4.94. The van der Waals surface area contributed by atoms with Crippen molar-refractivity contribution < 1.29 is 0 Å². The number of rotatable bonds is 6. The Labute approximate surface area is 106 Å². The van der Waals surface area contributed by atoms with Crippen molar-refractivity contribution in [2.24, 2.45) is 0 Å². The van der Waals surface area contributed by atoms with Gasteiger partial charge in [-0.3, -0.25) is 0 Å². The minimum absolute atomic E-state index is 1.25. The largest absolute Gasteiger partial charge is 0.0654 e. The minimum atomic E-state index is 1.25. The Morgan fingerprint density at radius 3 is 2.35 bits per heavy atom. The van der Waals surface area contributed by atoms with Crippen molar-refractivity contribution in [3.63, 3.8) is 0 Å². The Balaban J connectivity index is 2.15. The van der Waals surface area contributed by atoms with Crippen molar-refractivity contribution in [2.45, 2.75) is 52.4 Å². The van der Waals surface area contributed by atoms with Gasteiger partial charge in [-0.2, -0.15) is 0 Å². The van der Waals surface area contributed by atoms with E-state index in [1.807, 2.05) is 0 Å². The zero-order valence-corrected chi connectivity index (χ0v) is 11.1. The fraction of sp³-hybridized carbons (Fsp3) is 0.471. The summed E-state index contributed by atoms with van der Waals surface area (Å²) in [6, 6.07) is 8.85. The lowest BCUT2D eigenvalue weighted by Gasteiger charge is -2.15. The maximum atomic E-state index is 2.41. The smallest absolute Gasteiger partial charge is 0.0305 e. The van der Waals surface area contributed by atoms with E-state index in [2.05, 4.69) is 44.2 Å². The molecule has 1 aromatic carbocycles. The van der Waals surface area contributed by atoms with Crippen LogP contribution in [-0.4, -0.2) is 0 Å². The summed E-state index contributed by atoms with van der Waals surface area (Å²) in [4.78, 5) is 0. The van der Waals surface area contributed by atoms with Gasteiger partial charge in [-0.05, 0) is 30.4 Å². The lowest BCUT2D eigenvalue weighted by atomic mass is 9.88. The van der Waals surface area contributed by atoms with Crippen LogP contribution in [0.1, 0.15) is 63.5 Å². The van der Waals surface area contributed by atoms with Crippen LogP contribution in [-0.2, 0) is 0 Å². The highest BCUT2D eigenvalue weighted by atomic mass is 14.3. The quantitative estimate of drug-likeness (QED) is 0.611. The van der Waals surface area contributed by atoms with Crippen LogP contribution in [0, 0.1) is 5.92 Å². The fourth-order valence-corrected chi connectivity index (χ4v) is 2.58. The number of unbranched alkanes of at least 4 members (excludes halogenated alkanes) is 2. The highest BCUT2D eigenvalue weighted by Gasteiger charge is 2.24. The van der Waals surface area contributed by atoms with Crippen LogP contribution in [0.3, 0.4) is 0 Å². The summed E-state index contributed by atoms with van der Waals surface area (Å²) in [6.07, 6.45) is 10.1. The Kier molecular flexibility index (Phi) is 4.42. The molecule has 2 rings (SSSR count). The highest BCUT2D eigenvalue weighted by Crippen LogP contribution is 2.40. The Hall–Kier alpha value is -1.04. The summed E-state index contributed by atoms with van der Waals surface area (Å²) in [7, 11) is 0. The van der Waals surface area contributed by atoms with Crippen molar-refractivity contribution in [1.82, 2.24) is 0 Å². The predicted octanol–water partition coefficient (Wildman–Crippen LogP) is 5.39. The predicted molar refractivity (Wildman–Crippen MR) is 75.8 cm³/mol. The summed E-state index contributed by atoms with van der Waals surface area (Å²) < 4.78 is 0. The first-order valence-corrected chi connectivity index (χ1v) is 7.03. The molecule has 0 atom stereocenters. The van der Waals surface area contributed by atoms with Gasteiger partial charge in [0.2, 0.25) is 0 Å². The summed E-state index contributed by atoms with van der Waals surface area (Å²) in [5.41, 5.74) is 4.53. The maximum Gasteiger partial charge on any atom is 0.0305 e. The molecule has 1 aliphatic carbocycles. The molecular formula is C17H23. The van der Waals surface area contributed by atoms with Gasteiger partial charge in [0.15, 0.2) is 0 Å². The normalized spacial score (nSPS) is 14.8. The zero-order valence-electron chi connectivity index (χ0n) is 11.1. The molecule has 0 fully saturated rings. The van der Waals surface area contributed by atoms with Gasteiger partial charge < -0.3 is 0 Å². The van der Waals surface area contributed by atoms with Gasteiger partial charge in [0.25, 0.3) is 0 Å². The van der Waals surface area contributed by atoms with Gasteiger partial charge >= 0.3 is 0 Å². The monoisotopic (exact) mass is 227 g/mol. The molecule has 0 bridgehead atoms. The van der Waals surface area contributed by atoms with Crippen LogP contribution in [0.2, 0.25) is 0 Å². The molecule has 91 valence electrons. The lowest BCUT2D eigenvalue weighted by molar-refractivity contribution is 0.722. The first-order chi connectivity index (χ1) is 8.36. The van der Waals surface area contributed by atoms with E-state index in [0.29, 0.717) is 0 Å². The molecule has 0 unspecified atom stereocenters. The molecule has 0 aromatic heterocycles. The third kappa shape index (κ3) is 2.80. The van der Waals surface area contributed by atoms with Gasteiger partial charge in [0.1, 0.15) is 0 Å². The number of fused-ring (bicyclic) bond motifs is 1. The Morgan fingerprint density at radius 1 is 0.882 bits per heavy atom. The second kappa shape index (κ2) is 6.05. The van der Waals surface area contributed by atoms with E-state index >= 15 is 0 Å². The van der Waals surface area contributed by atoms with Gasteiger partial charge in [-0.15, -0.1) is 0 Å². The highest BCUT2D eigenvalue weighted by molar-refractivity contribution is 5.73. The second-order valence-corrected chi connectivity index (χ2v) is 4.94. The third-order valence-electron chi connectivity index (χ3n) is 3.58.